The van der Waals surface area contributed by atoms with Gasteiger partial charge in [0.2, 0.25) is 5.91 Å². The summed E-state index contributed by atoms with van der Waals surface area (Å²) in [6.45, 7) is 8.43. The largest absolute Gasteiger partial charge is 0.484 e. The minimum absolute atomic E-state index is 0.138. The maximum atomic E-state index is 13.0. The first kappa shape index (κ1) is 23.7. The SMILES string of the molecule is CCCNC(=O)[C@H](C)N(CCc1ccccc1)C(=O)COc1cc(C)c(Cl)c(C)c1. The summed E-state index contributed by atoms with van der Waals surface area (Å²) < 4.78 is 5.75. The number of carbonyl (C=O) groups excluding carboxylic acids is 2. The highest BCUT2D eigenvalue weighted by Gasteiger charge is 2.26. The first-order valence-corrected chi connectivity index (χ1v) is 10.7. The lowest BCUT2D eigenvalue weighted by molar-refractivity contribution is -0.141. The van der Waals surface area contributed by atoms with Gasteiger partial charge in [0.1, 0.15) is 11.8 Å². The minimum Gasteiger partial charge on any atom is -0.484 e. The molecule has 2 rings (SSSR count). The van der Waals surface area contributed by atoms with E-state index in [1.165, 1.54) is 0 Å². The van der Waals surface area contributed by atoms with Crippen LogP contribution < -0.4 is 10.1 Å². The molecule has 2 aromatic rings. The third-order valence-electron chi connectivity index (χ3n) is 4.97. The molecule has 0 aromatic heterocycles. The first-order valence-electron chi connectivity index (χ1n) is 10.3. The molecule has 0 bridgehead atoms. The van der Waals surface area contributed by atoms with E-state index in [4.69, 9.17) is 16.3 Å². The van der Waals surface area contributed by atoms with Crippen LogP contribution in [-0.2, 0) is 16.0 Å². The standard InChI is InChI=1S/C24H31ClN2O3/c1-5-12-26-24(29)19(4)27(13-11-20-9-7-6-8-10-20)22(28)16-30-21-14-17(2)23(25)18(3)15-21/h6-10,14-15,19H,5,11-13,16H2,1-4H3,(H,26,29)/t19-/m0/s1. The summed E-state index contributed by atoms with van der Waals surface area (Å²) in [6.07, 6.45) is 1.51. The average molecular weight is 431 g/mol. The van der Waals surface area contributed by atoms with E-state index in [0.717, 1.165) is 23.1 Å². The number of rotatable bonds is 10. The number of ether oxygens (including phenoxy) is 1. The van der Waals surface area contributed by atoms with Gasteiger partial charge < -0.3 is 15.0 Å². The molecule has 2 aromatic carbocycles. The Morgan fingerprint density at radius 2 is 1.77 bits per heavy atom. The van der Waals surface area contributed by atoms with Crippen molar-refractivity contribution in [2.75, 3.05) is 19.7 Å². The van der Waals surface area contributed by atoms with E-state index in [9.17, 15) is 9.59 Å². The number of benzene rings is 2. The molecule has 30 heavy (non-hydrogen) atoms. The van der Waals surface area contributed by atoms with Gasteiger partial charge in [-0.1, -0.05) is 48.9 Å². The van der Waals surface area contributed by atoms with E-state index in [0.29, 0.717) is 30.3 Å². The number of aryl methyl sites for hydroxylation is 2. The Hall–Kier alpha value is -2.53. The van der Waals surface area contributed by atoms with Gasteiger partial charge in [-0.15, -0.1) is 0 Å². The van der Waals surface area contributed by atoms with E-state index in [1.807, 2.05) is 63.2 Å². The Balaban J connectivity index is 2.09. The van der Waals surface area contributed by atoms with Crippen molar-refractivity contribution in [2.45, 2.75) is 46.6 Å². The summed E-state index contributed by atoms with van der Waals surface area (Å²) in [5.41, 5.74) is 2.90. The highest BCUT2D eigenvalue weighted by atomic mass is 35.5. The molecule has 6 heteroatoms. The van der Waals surface area contributed by atoms with Crippen LogP contribution in [0.15, 0.2) is 42.5 Å². The van der Waals surface area contributed by atoms with Crippen molar-refractivity contribution in [1.82, 2.24) is 10.2 Å². The molecular formula is C24H31ClN2O3. The van der Waals surface area contributed by atoms with Gasteiger partial charge in [0.25, 0.3) is 5.91 Å². The van der Waals surface area contributed by atoms with Gasteiger partial charge in [-0.25, -0.2) is 0 Å². The quantitative estimate of drug-likeness (QED) is 0.610. The Kier molecular flexibility index (Phi) is 9.18. The smallest absolute Gasteiger partial charge is 0.261 e. The highest BCUT2D eigenvalue weighted by molar-refractivity contribution is 6.32. The number of nitrogens with one attached hydrogen (secondary N) is 1. The van der Waals surface area contributed by atoms with Crippen molar-refractivity contribution >= 4 is 23.4 Å². The van der Waals surface area contributed by atoms with E-state index in [2.05, 4.69) is 5.32 Å². The monoisotopic (exact) mass is 430 g/mol. The molecule has 5 nitrogen and oxygen atoms in total. The molecule has 0 heterocycles. The van der Waals surface area contributed by atoms with Crippen LogP contribution in [0.3, 0.4) is 0 Å². The van der Waals surface area contributed by atoms with Crippen molar-refractivity contribution in [2.24, 2.45) is 0 Å². The Morgan fingerprint density at radius 1 is 1.13 bits per heavy atom. The van der Waals surface area contributed by atoms with Gasteiger partial charge in [-0.3, -0.25) is 9.59 Å². The van der Waals surface area contributed by atoms with E-state index in [1.54, 1.807) is 11.8 Å². The van der Waals surface area contributed by atoms with Crippen LogP contribution in [0.5, 0.6) is 5.75 Å². The summed E-state index contributed by atoms with van der Waals surface area (Å²) in [7, 11) is 0. The third-order valence-corrected chi connectivity index (χ3v) is 5.57. The van der Waals surface area contributed by atoms with E-state index in [-0.39, 0.29) is 18.4 Å². The van der Waals surface area contributed by atoms with Gasteiger partial charge in [0.15, 0.2) is 6.61 Å². The van der Waals surface area contributed by atoms with Gasteiger partial charge in [-0.2, -0.15) is 0 Å². The highest BCUT2D eigenvalue weighted by Crippen LogP contribution is 2.25. The molecule has 0 fully saturated rings. The fraction of sp³-hybridized carbons (Fsp3) is 0.417. The lowest BCUT2D eigenvalue weighted by Gasteiger charge is -2.28. The zero-order valence-corrected chi connectivity index (χ0v) is 19.0. The summed E-state index contributed by atoms with van der Waals surface area (Å²) in [5.74, 6) is 0.209. The van der Waals surface area contributed by atoms with Crippen LogP contribution in [0.1, 0.15) is 37.0 Å². The predicted octanol–water partition coefficient (Wildman–Crippen LogP) is 4.32. The second-order valence-corrected chi connectivity index (χ2v) is 7.83. The number of amides is 2. The maximum Gasteiger partial charge on any atom is 0.261 e. The topological polar surface area (TPSA) is 58.6 Å². The Morgan fingerprint density at radius 3 is 2.37 bits per heavy atom. The molecule has 162 valence electrons. The van der Waals surface area contributed by atoms with Gasteiger partial charge in [-0.05, 0) is 62.4 Å². The number of nitrogens with zero attached hydrogens (tertiary/aromatic N) is 1. The van der Waals surface area contributed by atoms with Crippen LogP contribution in [0, 0.1) is 13.8 Å². The summed E-state index contributed by atoms with van der Waals surface area (Å²) in [6, 6.07) is 13.0. The zero-order valence-electron chi connectivity index (χ0n) is 18.2. The van der Waals surface area contributed by atoms with Crippen LogP contribution in [0.2, 0.25) is 5.02 Å². The molecule has 0 aliphatic carbocycles. The lowest BCUT2D eigenvalue weighted by atomic mass is 10.1. The van der Waals surface area contributed by atoms with Crippen LogP contribution >= 0.6 is 11.6 Å². The molecule has 0 aliphatic rings. The van der Waals surface area contributed by atoms with E-state index >= 15 is 0 Å². The molecule has 0 saturated heterocycles. The third kappa shape index (κ3) is 6.77. The van der Waals surface area contributed by atoms with Gasteiger partial charge >= 0.3 is 0 Å². The Labute approximate surface area is 184 Å². The number of hydrogen-bond donors (Lipinski definition) is 1. The van der Waals surface area contributed by atoms with Gasteiger partial charge in [0.05, 0.1) is 0 Å². The Bertz CT molecular complexity index is 832. The molecule has 1 N–H and O–H groups in total. The second-order valence-electron chi connectivity index (χ2n) is 7.45. The second kappa shape index (κ2) is 11.6. The fourth-order valence-electron chi connectivity index (χ4n) is 3.18. The average Bonchev–Trinajstić information content (AvgIpc) is 2.74. The minimum atomic E-state index is -0.579. The molecule has 0 aliphatic heterocycles. The zero-order chi connectivity index (χ0) is 22.1. The van der Waals surface area contributed by atoms with Crippen molar-refractivity contribution < 1.29 is 14.3 Å². The number of halogens is 1. The van der Waals surface area contributed by atoms with Crippen molar-refractivity contribution in [1.29, 1.82) is 0 Å². The van der Waals surface area contributed by atoms with Gasteiger partial charge in [0, 0.05) is 18.1 Å². The summed E-state index contributed by atoms with van der Waals surface area (Å²) >= 11 is 6.21. The fourth-order valence-corrected chi connectivity index (χ4v) is 3.29. The normalized spacial score (nSPS) is 11.6. The predicted molar refractivity (Wildman–Crippen MR) is 121 cm³/mol. The van der Waals surface area contributed by atoms with Crippen molar-refractivity contribution in [3.8, 4) is 5.75 Å². The van der Waals surface area contributed by atoms with Crippen LogP contribution in [0.4, 0.5) is 0 Å². The number of hydrogen-bond acceptors (Lipinski definition) is 3. The first-order chi connectivity index (χ1) is 14.3. The maximum absolute atomic E-state index is 13.0. The summed E-state index contributed by atoms with van der Waals surface area (Å²) in [4.78, 5) is 27.1. The van der Waals surface area contributed by atoms with Crippen molar-refractivity contribution in [3.63, 3.8) is 0 Å². The molecule has 1 atom stereocenters. The molecule has 0 saturated carbocycles. The number of carbonyl (C=O) groups is 2. The molecular weight excluding hydrogens is 400 g/mol. The summed E-state index contributed by atoms with van der Waals surface area (Å²) in [5, 5.41) is 3.57. The van der Waals surface area contributed by atoms with Crippen molar-refractivity contribution in [3.05, 3.63) is 64.2 Å². The van der Waals surface area contributed by atoms with E-state index < -0.39 is 6.04 Å². The molecule has 0 unspecified atom stereocenters. The van der Waals surface area contributed by atoms with Crippen LogP contribution in [0.25, 0.3) is 0 Å². The molecule has 2 amide bonds. The molecule has 0 radical (unpaired) electrons. The van der Waals surface area contributed by atoms with Crippen LogP contribution in [-0.4, -0.2) is 42.5 Å². The lowest BCUT2D eigenvalue weighted by Crippen LogP contribution is -2.50. The molecule has 0 spiro atoms.